The number of fused-ring (bicyclic) bond motifs is 1. The lowest BCUT2D eigenvalue weighted by Gasteiger charge is -2.28. The van der Waals surface area contributed by atoms with E-state index in [1.807, 2.05) is 0 Å². The Kier molecular flexibility index (Phi) is 5.05. The molecule has 2 heterocycles. The molecule has 1 atom stereocenters. The van der Waals surface area contributed by atoms with Gasteiger partial charge in [0.1, 0.15) is 23.4 Å². The Bertz CT molecular complexity index is 1140. The summed E-state index contributed by atoms with van der Waals surface area (Å²) in [7, 11) is 3.03. The number of hydrogen-bond acceptors (Lipinski definition) is 7. The number of carbonyl (C=O) groups is 1. The molecule has 0 bridgehead atoms. The van der Waals surface area contributed by atoms with Gasteiger partial charge in [0, 0.05) is 17.3 Å². The Morgan fingerprint density at radius 1 is 1.20 bits per heavy atom. The summed E-state index contributed by atoms with van der Waals surface area (Å²) in [4.78, 5) is 13.4. The van der Waals surface area contributed by atoms with Crippen LogP contribution in [0.1, 0.15) is 18.5 Å². The fourth-order valence-corrected chi connectivity index (χ4v) is 3.39. The van der Waals surface area contributed by atoms with E-state index in [4.69, 9.17) is 9.47 Å². The Morgan fingerprint density at radius 2 is 2.00 bits per heavy atom. The van der Waals surface area contributed by atoms with Gasteiger partial charge in [-0.25, -0.2) is 4.39 Å². The van der Waals surface area contributed by atoms with Crippen molar-refractivity contribution < 1.29 is 18.7 Å². The number of rotatable bonds is 5. The molecule has 1 aromatic heterocycles. The minimum absolute atomic E-state index is 0.268. The topological polar surface area (TPSA) is 103 Å². The van der Waals surface area contributed by atoms with Crippen molar-refractivity contribution in [2.24, 2.45) is 0 Å². The smallest absolute Gasteiger partial charge is 0.255 e. The van der Waals surface area contributed by atoms with Gasteiger partial charge in [0.05, 0.1) is 25.5 Å². The molecule has 154 valence electrons. The quantitative estimate of drug-likeness (QED) is 0.667. The maximum atomic E-state index is 14.7. The Hall–Kier alpha value is -3.95. The van der Waals surface area contributed by atoms with Gasteiger partial charge in [0.15, 0.2) is 0 Å². The van der Waals surface area contributed by atoms with Crippen molar-refractivity contribution in [2.75, 3.05) is 24.9 Å². The lowest BCUT2D eigenvalue weighted by molar-refractivity contribution is -0.113. The highest BCUT2D eigenvalue weighted by atomic mass is 19.1. The third-order valence-corrected chi connectivity index (χ3v) is 4.81. The number of hydrogen-bond donors (Lipinski definition) is 2. The zero-order valence-corrected chi connectivity index (χ0v) is 16.5. The third kappa shape index (κ3) is 3.32. The number of nitrogens with zero attached hydrogens (tertiary/aromatic N) is 4. The van der Waals surface area contributed by atoms with Crippen molar-refractivity contribution in [3.63, 3.8) is 0 Å². The Balaban J connectivity index is 1.78. The SMILES string of the molecule is COc1ccc(OC)c(NC(=O)C2=C(C)Nc3nnnn3[C@H]2c2ccccc2F)c1. The van der Waals surface area contributed by atoms with Gasteiger partial charge in [-0.3, -0.25) is 4.79 Å². The van der Waals surface area contributed by atoms with E-state index in [-0.39, 0.29) is 11.1 Å². The van der Waals surface area contributed by atoms with Crippen LogP contribution in [0.3, 0.4) is 0 Å². The normalized spacial score (nSPS) is 15.3. The minimum atomic E-state index is -0.853. The van der Waals surface area contributed by atoms with Gasteiger partial charge >= 0.3 is 0 Å². The summed E-state index contributed by atoms with van der Waals surface area (Å²) < 4.78 is 26.6. The largest absolute Gasteiger partial charge is 0.497 e. The van der Waals surface area contributed by atoms with E-state index in [9.17, 15) is 9.18 Å². The average Bonchev–Trinajstić information content (AvgIpc) is 3.21. The molecule has 1 aliphatic rings. The van der Waals surface area contributed by atoms with Crippen LogP contribution in [0.5, 0.6) is 11.5 Å². The first-order chi connectivity index (χ1) is 14.5. The summed E-state index contributed by atoms with van der Waals surface area (Å²) in [5.41, 5.74) is 1.46. The zero-order valence-electron chi connectivity index (χ0n) is 16.5. The van der Waals surface area contributed by atoms with Gasteiger partial charge in [-0.2, -0.15) is 4.68 Å². The predicted octanol–water partition coefficient (Wildman–Crippen LogP) is 2.76. The van der Waals surface area contributed by atoms with Crippen molar-refractivity contribution in [3.05, 3.63) is 65.1 Å². The Labute approximate surface area is 171 Å². The van der Waals surface area contributed by atoms with E-state index in [0.29, 0.717) is 28.8 Å². The molecule has 2 aromatic carbocycles. The number of aromatic nitrogens is 4. The van der Waals surface area contributed by atoms with E-state index in [1.54, 1.807) is 43.3 Å². The summed E-state index contributed by atoms with van der Waals surface area (Å²) in [6.07, 6.45) is 0. The van der Waals surface area contributed by atoms with Gasteiger partial charge in [-0.1, -0.05) is 23.3 Å². The fraction of sp³-hybridized carbons (Fsp3) is 0.200. The van der Waals surface area contributed by atoms with Crippen LogP contribution >= 0.6 is 0 Å². The second-order valence-electron chi connectivity index (χ2n) is 6.56. The predicted molar refractivity (Wildman–Crippen MR) is 107 cm³/mol. The summed E-state index contributed by atoms with van der Waals surface area (Å²) in [5, 5.41) is 17.3. The summed E-state index contributed by atoms with van der Waals surface area (Å²) in [6.45, 7) is 1.71. The standard InChI is InChI=1S/C20H19FN6O3/c1-11-17(19(28)23-15-10-12(29-2)8-9-16(15)30-3)18(13-6-4-5-7-14(13)21)27-20(22-11)24-25-26-27/h4-10,18H,1-3H3,(H,23,28)(H,22,24,26)/t18-/m0/s1. The molecule has 0 radical (unpaired) electrons. The fourth-order valence-electron chi connectivity index (χ4n) is 3.39. The highest BCUT2D eigenvalue weighted by molar-refractivity contribution is 6.06. The van der Waals surface area contributed by atoms with Crippen LogP contribution < -0.4 is 20.1 Å². The van der Waals surface area contributed by atoms with Crippen LogP contribution in [-0.4, -0.2) is 40.3 Å². The molecule has 0 saturated heterocycles. The Morgan fingerprint density at radius 3 is 2.73 bits per heavy atom. The molecule has 0 saturated carbocycles. The first kappa shape index (κ1) is 19.4. The molecule has 10 heteroatoms. The summed E-state index contributed by atoms with van der Waals surface area (Å²) in [5.74, 6) is 0.392. The molecule has 1 aliphatic heterocycles. The van der Waals surface area contributed by atoms with Crippen LogP contribution in [0.4, 0.5) is 16.0 Å². The summed E-state index contributed by atoms with van der Waals surface area (Å²) in [6, 6.07) is 10.4. The minimum Gasteiger partial charge on any atom is -0.497 e. The van der Waals surface area contributed by atoms with Crippen LogP contribution in [0, 0.1) is 5.82 Å². The molecule has 30 heavy (non-hydrogen) atoms. The van der Waals surface area contributed by atoms with Crippen molar-refractivity contribution in [3.8, 4) is 11.5 Å². The van der Waals surface area contributed by atoms with Crippen molar-refractivity contribution >= 4 is 17.5 Å². The van der Waals surface area contributed by atoms with Gasteiger partial charge in [0.25, 0.3) is 5.91 Å². The number of allylic oxidation sites excluding steroid dienone is 1. The van der Waals surface area contributed by atoms with E-state index >= 15 is 0 Å². The van der Waals surface area contributed by atoms with Crippen LogP contribution in [-0.2, 0) is 4.79 Å². The molecule has 1 amide bonds. The van der Waals surface area contributed by atoms with E-state index in [0.717, 1.165) is 0 Å². The number of halogens is 1. The maximum absolute atomic E-state index is 14.7. The lowest BCUT2D eigenvalue weighted by atomic mass is 9.94. The molecule has 4 rings (SSSR count). The number of ether oxygens (including phenoxy) is 2. The van der Waals surface area contributed by atoms with E-state index in [2.05, 4.69) is 26.2 Å². The lowest BCUT2D eigenvalue weighted by Crippen LogP contribution is -2.32. The number of amides is 1. The first-order valence-corrected chi connectivity index (χ1v) is 9.07. The van der Waals surface area contributed by atoms with E-state index in [1.165, 1.54) is 25.0 Å². The van der Waals surface area contributed by atoms with E-state index < -0.39 is 17.8 Å². The molecule has 0 spiro atoms. The molecular formula is C20H19FN6O3. The second kappa shape index (κ2) is 7.82. The highest BCUT2D eigenvalue weighted by Gasteiger charge is 2.35. The second-order valence-corrected chi connectivity index (χ2v) is 6.56. The van der Waals surface area contributed by atoms with Gasteiger partial charge in [-0.05, 0) is 35.5 Å². The molecule has 2 N–H and O–H groups in total. The molecule has 0 aliphatic carbocycles. The maximum Gasteiger partial charge on any atom is 0.255 e. The molecule has 0 fully saturated rings. The monoisotopic (exact) mass is 410 g/mol. The van der Waals surface area contributed by atoms with Crippen LogP contribution in [0.15, 0.2) is 53.7 Å². The van der Waals surface area contributed by atoms with Crippen LogP contribution in [0.25, 0.3) is 0 Å². The number of carbonyl (C=O) groups excluding carboxylic acids is 1. The average molecular weight is 410 g/mol. The highest BCUT2D eigenvalue weighted by Crippen LogP contribution is 2.37. The first-order valence-electron chi connectivity index (χ1n) is 9.07. The van der Waals surface area contributed by atoms with Crippen molar-refractivity contribution in [1.29, 1.82) is 0 Å². The molecular weight excluding hydrogens is 391 g/mol. The van der Waals surface area contributed by atoms with Crippen molar-refractivity contribution in [2.45, 2.75) is 13.0 Å². The molecule has 9 nitrogen and oxygen atoms in total. The number of anilines is 2. The number of nitrogens with one attached hydrogen (secondary N) is 2. The molecule has 0 unspecified atom stereocenters. The summed E-state index contributed by atoms with van der Waals surface area (Å²) >= 11 is 0. The zero-order chi connectivity index (χ0) is 21.3. The third-order valence-electron chi connectivity index (χ3n) is 4.81. The number of methoxy groups -OCH3 is 2. The van der Waals surface area contributed by atoms with Gasteiger partial charge in [-0.15, -0.1) is 0 Å². The van der Waals surface area contributed by atoms with Crippen molar-refractivity contribution in [1.82, 2.24) is 20.2 Å². The number of tetrazole rings is 1. The van der Waals surface area contributed by atoms with Gasteiger partial charge in [0.2, 0.25) is 5.95 Å². The number of benzene rings is 2. The molecule has 3 aromatic rings. The van der Waals surface area contributed by atoms with Crippen LogP contribution in [0.2, 0.25) is 0 Å². The van der Waals surface area contributed by atoms with Gasteiger partial charge < -0.3 is 20.1 Å².